The van der Waals surface area contributed by atoms with Crippen molar-refractivity contribution < 1.29 is 13.6 Å². The predicted molar refractivity (Wildman–Crippen MR) is 72.7 cm³/mol. The number of hydrogen-bond donors (Lipinski definition) is 0. The molecule has 4 heteroatoms. The summed E-state index contributed by atoms with van der Waals surface area (Å²) >= 11 is 0. The lowest BCUT2D eigenvalue weighted by Crippen LogP contribution is -2.52. The summed E-state index contributed by atoms with van der Waals surface area (Å²) in [6.45, 7) is 1.73. The van der Waals surface area contributed by atoms with E-state index < -0.39 is 17.2 Å². The molecule has 1 aromatic rings. The first-order valence-electron chi connectivity index (χ1n) is 7.39. The fourth-order valence-electron chi connectivity index (χ4n) is 3.74. The van der Waals surface area contributed by atoms with Gasteiger partial charge in [0.15, 0.2) is 5.78 Å². The first kappa shape index (κ1) is 13.7. The fourth-order valence-corrected chi connectivity index (χ4v) is 3.74. The Bertz CT molecular complexity index is 497. The molecule has 2 aliphatic rings. The lowest BCUT2D eigenvalue weighted by atomic mass is 9.85. The Balaban J connectivity index is 2.01. The molecule has 0 N–H and O–H groups in total. The van der Waals surface area contributed by atoms with E-state index in [-0.39, 0.29) is 11.3 Å². The zero-order valence-electron chi connectivity index (χ0n) is 11.5. The Labute approximate surface area is 117 Å². The summed E-state index contributed by atoms with van der Waals surface area (Å²) in [6, 6.07) is 3.64. The SMILES string of the molecule is O=C(c1c(F)cccc1F)C1(N2CCCC2)CCCC1. The van der Waals surface area contributed by atoms with Gasteiger partial charge >= 0.3 is 0 Å². The second-order valence-corrected chi connectivity index (χ2v) is 5.86. The van der Waals surface area contributed by atoms with Gasteiger partial charge < -0.3 is 0 Å². The lowest BCUT2D eigenvalue weighted by molar-refractivity contribution is 0.0617. The monoisotopic (exact) mass is 279 g/mol. The summed E-state index contributed by atoms with van der Waals surface area (Å²) in [4.78, 5) is 15.0. The van der Waals surface area contributed by atoms with Crippen LogP contribution in [-0.2, 0) is 0 Å². The maximum Gasteiger partial charge on any atom is 0.188 e. The van der Waals surface area contributed by atoms with Crippen LogP contribution < -0.4 is 0 Å². The van der Waals surface area contributed by atoms with Crippen LogP contribution in [0.2, 0.25) is 0 Å². The average Bonchev–Trinajstić information content (AvgIpc) is 3.10. The van der Waals surface area contributed by atoms with Crippen LogP contribution in [0.5, 0.6) is 0 Å². The van der Waals surface area contributed by atoms with Crippen molar-refractivity contribution in [1.29, 1.82) is 0 Å². The molecule has 20 heavy (non-hydrogen) atoms. The van der Waals surface area contributed by atoms with Crippen molar-refractivity contribution in [2.45, 2.75) is 44.1 Å². The number of likely N-dealkylation sites (tertiary alicyclic amines) is 1. The zero-order chi connectivity index (χ0) is 14.2. The van der Waals surface area contributed by atoms with E-state index in [1.54, 1.807) is 0 Å². The third kappa shape index (κ3) is 2.06. The highest BCUT2D eigenvalue weighted by atomic mass is 19.1. The van der Waals surface area contributed by atoms with E-state index in [1.807, 2.05) is 0 Å². The Kier molecular flexibility index (Phi) is 3.59. The topological polar surface area (TPSA) is 20.3 Å². The first-order valence-corrected chi connectivity index (χ1v) is 7.39. The fraction of sp³-hybridized carbons (Fsp3) is 0.562. The third-order valence-electron chi connectivity index (χ3n) is 4.75. The first-order chi connectivity index (χ1) is 9.65. The van der Waals surface area contributed by atoms with Crippen LogP contribution in [0.4, 0.5) is 8.78 Å². The summed E-state index contributed by atoms with van der Waals surface area (Å²) in [5, 5.41) is 0. The van der Waals surface area contributed by atoms with E-state index in [2.05, 4.69) is 4.90 Å². The van der Waals surface area contributed by atoms with Crippen LogP contribution in [0.1, 0.15) is 48.9 Å². The Morgan fingerprint density at radius 1 is 1.00 bits per heavy atom. The summed E-state index contributed by atoms with van der Waals surface area (Å²) in [5.41, 5.74) is -1.01. The quantitative estimate of drug-likeness (QED) is 0.789. The number of halogens is 2. The molecule has 1 heterocycles. The maximum absolute atomic E-state index is 13.9. The molecule has 108 valence electrons. The molecule has 0 spiro atoms. The molecule has 2 nitrogen and oxygen atoms in total. The van der Waals surface area contributed by atoms with Gasteiger partial charge in [0.1, 0.15) is 11.6 Å². The minimum absolute atomic E-state index is 0.346. The van der Waals surface area contributed by atoms with Crippen molar-refractivity contribution in [3.05, 3.63) is 35.4 Å². The summed E-state index contributed by atoms with van der Waals surface area (Å²) in [7, 11) is 0. The van der Waals surface area contributed by atoms with Gasteiger partial charge in [-0.2, -0.15) is 0 Å². The van der Waals surface area contributed by atoms with Crippen LogP contribution in [0.25, 0.3) is 0 Å². The number of rotatable bonds is 3. The van der Waals surface area contributed by atoms with Gasteiger partial charge in [-0.1, -0.05) is 18.9 Å². The van der Waals surface area contributed by atoms with Gasteiger partial charge in [-0.05, 0) is 50.9 Å². The van der Waals surface area contributed by atoms with E-state index in [1.165, 1.54) is 18.2 Å². The smallest absolute Gasteiger partial charge is 0.188 e. The summed E-state index contributed by atoms with van der Waals surface area (Å²) in [6.07, 6.45) is 5.49. The molecule has 0 amide bonds. The highest BCUT2D eigenvalue weighted by molar-refractivity contribution is 6.04. The molecule has 1 aromatic carbocycles. The number of Topliss-reactive ketones (excluding diaryl/α,β-unsaturated/α-hetero) is 1. The van der Waals surface area contributed by atoms with E-state index in [0.717, 1.165) is 51.6 Å². The van der Waals surface area contributed by atoms with Crippen LogP contribution in [-0.4, -0.2) is 29.3 Å². The number of benzene rings is 1. The molecule has 0 bridgehead atoms. The standard InChI is InChI=1S/C16H19F2NO/c17-12-6-5-7-13(18)14(12)15(20)16(8-1-2-9-16)19-10-3-4-11-19/h5-7H,1-4,8-11H2. The Hall–Kier alpha value is -1.29. The number of carbonyl (C=O) groups excluding carboxylic acids is 1. The molecule has 0 aromatic heterocycles. The molecular formula is C16H19F2NO. The van der Waals surface area contributed by atoms with Crippen molar-refractivity contribution in [3.8, 4) is 0 Å². The molecule has 1 saturated heterocycles. The highest BCUT2D eigenvalue weighted by Crippen LogP contribution is 2.40. The summed E-state index contributed by atoms with van der Waals surface area (Å²) in [5.74, 6) is -1.83. The molecule has 0 radical (unpaired) electrons. The molecule has 0 atom stereocenters. The predicted octanol–water partition coefficient (Wildman–Crippen LogP) is 3.56. The van der Waals surface area contributed by atoms with Gasteiger partial charge in [-0.25, -0.2) is 8.78 Å². The molecule has 2 fully saturated rings. The second kappa shape index (κ2) is 5.24. The van der Waals surface area contributed by atoms with Crippen LogP contribution in [0, 0.1) is 11.6 Å². The number of carbonyl (C=O) groups is 1. The Morgan fingerprint density at radius 2 is 1.55 bits per heavy atom. The molecular weight excluding hydrogens is 260 g/mol. The van der Waals surface area contributed by atoms with E-state index >= 15 is 0 Å². The van der Waals surface area contributed by atoms with Gasteiger partial charge in [0.25, 0.3) is 0 Å². The number of hydrogen-bond acceptors (Lipinski definition) is 2. The normalized spacial score (nSPS) is 22.3. The zero-order valence-corrected chi connectivity index (χ0v) is 11.5. The Morgan fingerprint density at radius 3 is 2.10 bits per heavy atom. The number of ketones is 1. The van der Waals surface area contributed by atoms with Crippen molar-refractivity contribution >= 4 is 5.78 Å². The van der Waals surface area contributed by atoms with Crippen molar-refractivity contribution in [1.82, 2.24) is 4.90 Å². The van der Waals surface area contributed by atoms with Gasteiger partial charge in [0.05, 0.1) is 11.1 Å². The van der Waals surface area contributed by atoms with Crippen molar-refractivity contribution in [2.75, 3.05) is 13.1 Å². The van der Waals surface area contributed by atoms with Crippen molar-refractivity contribution in [3.63, 3.8) is 0 Å². The lowest BCUT2D eigenvalue weighted by Gasteiger charge is -2.37. The van der Waals surface area contributed by atoms with Gasteiger partial charge in [0.2, 0.25) is 0 Å². The van der Waals surface area contributed by atoms with Gasteiger partial charge in [-0.3, -0.25) is 9.69 Å². The molecule has 3 rings (SSSR count). The third-order valence-corrected chi connectivity index (χ3v) is 4.75. The van der Waals surface area contributed by atoms with E-state index in [0.29, 0.717) is 0 Å². The van der Waals surface area contributed by atoms with Gasteiger partial charge in [0, 0.05) is 0 Å². The maximum atomic E-state index is 13.9. The number of nitrogens with zero attached hydrogens (tertiary/aromatic N) is 1. The highest BCUT2D eigenvalue weighted by Gasteiger charge is 2.48. The molecule has 1 aliphatic carbocycles. The van der Waals surface area contributed by atoms with Gasteiger partial charge in [-0.15, -0.1) is 0 Å². The van der Waals surface area contributed by atoms with E-state index in [4.69, 9.17) is 0 Å². The second-order valence-electron chi connectivity index (χ2n) is 5.86. The van der Waals surface area contributed by atoms with Crippen molar-refractivity contribution in [2.24, 2.45) is 0 Å². The largest absolute Gasteiger partial charge is 0.292 e. The van der Waals surface area contributed by atoms with Crippen LogP contribution >= 0.6 is 0 Å². The average molecular weight is 279 g/mol. The molecule has 1 saturated carbocycles. The molecule has 1 aliphatic heterocycles. The minimum Gasteiger partial charge on any atom is -0.292 e. The van der Waals surface area contributed by atoms with Crippen LogP contribution in [0.3, 0.4) is 0 Å². The summed E-state index contributed by atoms with van der Waals surface area (Å²) < 4.78 is 27.9. The molecule has 0 unspecified atom stereocenters. The minimum atomic E-state index is -0.736. The van der Waals surface area contributed by atoms with E-state index in [9.17, 15) is 13.6 Å². The van der Waals surface area contributed by atoms with Crippen LogP contribution in [0.15, 0.2) is 18.2 Å².